The zero-order valence-electron chi connectivity index (χ0n) is 30.5. The second kappa shape index (κ2) is 16.4. The third-order valence-electron chi connectivity index (χ3n) is 9.58. The maximum Gasteiger partial charge on any atom is 0.421 e. The van der Waals surface area contributed by atoms with Gasteiger partial charge < -0.3 is 20.9 Å². The summed E-state index contributed by atoms with van der Waals surface area (Å²) in [5.41, 5.74) is 2.54. The monoisotopic (exact) mass is 781 g/mol. The Morgan fingerprint density at radius 1 is 0.964 bits per heavy atom. The van der Waals surface area contributed by atoms with E-state index in [9.17, 15) is 31.2 Å². The minimum atomic E-state index is -4.76. The zero-order valence-corrected chi connectivity index (χ0v) is 31.3. The lowest BCUT2D eigenvalue weighted by Crippen LogP contribution is -2.47. The molecule has 2 aromatic heterocycles. The van der Waals surface area contributed by atoms with Gasteiger partial charge in [0, 0.05) is 74.8 Å². The lowest BCUT2D eigenvalue weighted by atomic mass is 10.0. The molecule has 0 bridgehead atoms. The van der Waals surface area contributed by atoms with Crippen LogP contribution in [0.2, 0.25) is 0 Å². The smallest absolute Gasteiger partial charge is 0.374 e. The predicted molar refractivity (Wildman–Crippen MR) is 202 cm³/mol. The highest BCUT2D eigenvalue weighted by Gasteiger charge is 2.35. The Balaban J connectivity index is 1.04. The number of carbonyl (C=O) groups excluding carboxylic acids is 2. The number of halogens is 3. The fraction of sp³-hybridized carbons (Fsp3) is 0.389. The average molecular weight is 782 g/mol. The van der Waals surface area contributed by atoms with E-state index in [1.807, 2.05) is 42.5 Å². The number of sulfonamides is 1. The number of benzene rings is 2. The Morgan fingerprint density at radius 2 is 1.69 bits per heavy atom. The lowest BCUT2D eigenvalue weighted by Gasteiger charge is -2.38. The fourth-order valence-electron chi connectivity index (χ4n) is 6.51. The highest BCUT2D eigenvalue weighted by atomic mass is 32.2. The van der Waals surface area contributed by atoms with E-state index in [0.717, 1.165) is 60.0 Å². The maximum absolute atomic E-state index is 13.9. The molecule has 2 fully saturated rings. The van der Waals surface area contributed by atoms with Crippen molar-refractivity contribution < 1.29 is 31.2 Å². The van der Waals surface area contributed by atoms with Crippen LogP contribution < -0.4 is 30.5 Å². The number of piperidine rings is 2. The van der Waals surface area contributed by atoms with Crippen molar-refractivity contribution in [1.82, 2.24) is 30.2 Å². The van der Waals surface area contributed by atoms with Crippen LogP contribution >= 0.6 is 0 Å². The van der Waals surface area contributed by atoms with Crippen molar-refractivity contribution >= 4 is 56.5 Å². The highest BCUT2D eigenvalue weighted by Crippen LogP contribution is 2.35. The second-order valence-electron chi connectivity index (χ2n) is 13.5. The fourth-order valence-corrected chi connectivity index (χ4v) is 6.98. The van der Waals surface area contributed by atoms with E-state index in [0.29, 0.717) is 30.8 Å². The van der Waals surface area contributed by atoms with Gasteiger partial charge in [-0.25, -0.2) is 18.4 Å². The van der Waals surface area contributed by atoms with Crippen molar-refractivity contribution in [3.05, 3.63) is 83.9 Å². The molecule has 19 heteroatoms. The first kappa shape index (κ1) is 39.1. The number of carbonyl (C=O) groups is 2. The van der Waals surface area contributed by atoms with Crippen LogP contribution in [0, 0.1) is 0 Å². The van der Waals surface area contributed by atoms with Gasteiger partial charge in [0.2, 0.25) is 27.8 Å². The number of hydrogen-bond donors (Lipinski definition) is 4. The minimum Gasteiger partial charge on any atom is -0.374 e. The molecule has 4 N–H and O–H groups in total. The van der Waals surface area contributed by atoms with Gasteiger partial charge in [0.15, 0.2) is 5.82 Å². The molecule has 2 saturated heterocycles. The highest BCUT2D eigenvalue weighted by molar-refractivity contribution is 7.92. The molecular formula is C36H42F3N11O4S. The van der Waals surface area contributed by atoms with E-state index in [-0.39, 0.29) is 35.8 Å². The quantitative estimate of drug-likeness (QED) is 0.141. The first-order chi connectivity index (χ1) is 26.1. The Hall–Kier alpha value is -5.56. The van der Waals surface area contributed by atoms with Crippen LogP contribution in [-0.4, -0.2) is 90.6 Å². The van der Waals surface area contributed by atoms with E-state index < -0.39 is 33.6 Å². The van der Waals surface area contributed by atoms with Crippen LogP contribution in [0.5, 0.6) is 0 Å². The lowest BCUT2D eigenvalue weighted by molar-refractivity contribution is -0.137. The molecule has 4 aromatic rings. The number of nitrogens with zero attached hydrogens (tertiary/aromatic N) is 7. The van der Waals surface area contributed by atoms with Crippen molar-refractivity contribution in [2.75, 3.05) is 58.6 Å². The number of hydrogen-bond acceptors (Lipinski definition) is 13. The number of amides is 2. The van der Waals surface area contributed by atoms with Crippen LogP contribution in [-0.2, 0) is 38.9 Å². The van der Waals surface area contributed by atoms with Gasteiger partial charge in [0.1, 0.15) is 23.1 Å². The largest absolute Gasteiger partial charge is 0.421 e. The Morgan fingerprint density at radius 3 is 2.38 bits per heavy atom. The number of anilines is 6. The zero-order chi connectivity index (χ0) is 39.3. The number of nitrogens with one attached hydrogen (secondary N) is 4. The van der Waals surface area contributed by atoms with E-state index in [2.05, 4.69) is 64.1 Å². The summed E-state index contributed by atoms with van der Waals surface area (Å²) < 4.78 is 66.8. The molecule has 2 amide bonds. The van der Waals surface area contributed by atoms with E-state index >= 15 is 0 Å². The molecule has 1 atom stereocenters. The minimum absolute atomic E-state index is 0.0290. The molecule has 2 aromatic carbocycles. The summed E-state index contributed by atoms with van der Waals surface area (Å²) in [5.74, 6) is -1.16. The van der Waals surface area contributed by atoms with Crippen molar-refractivity contribution in [2.45, 2.75) is 57.0 Å². The van der Waals surface area contributed by atoms with Crippen LogP contribution in [0.25, 0.3) is 0 Å². The predicted octanol–water partition coefficient (Wildman–Crippen LogP) is 4.35. The summed E-state index contributed by atoms with van der Waals surface area (Å²) in [6.45, 7) is 2.12. The molecule has 15 nitrogen and oxygen atoms in total. The van der Waals surface area contributed by atoms with Crippen LogP contribution in [0.3, 0.4) is 0 Å². The molecule has 0 saturated carbocycles. The van der Waals surface area contributed by atoms with Crippen molar-refractivity contribution in [3.63, 3.8) is 0 Å². The summed E-state index contributed by atoms with van der Waals surface area (Å²) in [4.78, 5) is 44.4. The summed E-state index contributed by atoms with van der Waals surface area (Å²) in [7, 11) is -0.319. The maximum atomic E-state index is 13.9. The topological polar surface area (TPSA) is 178 Å². The number of imide groups is 1. The van der Waals surface area contributed by atoms with Gasteiger partial charge >= 0.3 is 6.18 Å². The molecule has 0 spiro atoms. The Bertz CT molecular complexity index is 2110. The first-order valence-electron chi connectivity index (χ1n) is 17.6. The molecule has 6 rings (SSSR count). The molecule has 2 aliphatic heterocycles. The Kier molecular flexibility index (Phi) is 11.7. The van der Waals surface area contributed by atoms with Gasteiger partial charge in [-0.15, -0.1) is 0 Å². The SMILES string of the molecule is CN(Cc1cccc(NC2CCC(=O)NC2=O)c1)C1CCN(c2ccc(Nc3ncc(C(F)(F)F)c(NCc4nccnc4N(C)S(C)(=O)=O)n3)cc2)CC1. The number of alkyl halides is 3. The van der Waals surface area contributed by atoms with Crippen molar-refractivity contribution in [2.24, 2.45) is 0 Å². The molecule has 1 unspecified atom stereocenters. The second-order valence-corrected chi connectivity index (χ2v) is 15.5. The average Bonchev–Trinajstić information content (AvgIpc) is 3.15. The van der Waals surface area contributed by atoms with E-state index in [1.54, 1.807) is 0 Å². The first-order valence-corrected chi connectivity index (χ1v) is 19.4. The summed E-state index contributed by atoms with van der Waals surface area (Å²) in [5, 5.41) is 11.2. The summed E-state index contributed by atoms with van der Waals surface area (Å²) in [6, 6.07) is 15.4. The van der Waals surface area contributed by atoms with Crippen LogP contribution in [0.15, 0.2) is 67.1 Å². The van der Waals surface area contributed by atoms with E-state index in [4.69, 9.17) is 0 Å². The molecule has 2 aliphatic rings. The van der Waals surface area contributed by atoms with Gasteiger partial charge in [-0.3, -0.25) is 29.1 Å². The molecule has 0 radical (unpaired) electrons. The van der Waals surface area contributed by atoms with Gasteiger partial charge in [-0.2, -0.15) is 18.2 Å². The normalized spacial score (nSPS) is 16.9. The third kappa shape index (κ3) is 9.96. The van der Waals surface area contributed by atoms with Gasteiger partial charge in [-0.05, 0) is 68.3 Å². The van der Waals surface area contributed by atoms with Crippen LogP contribution in [0.1, 0.15) is 42.5 Å². The third-order valence-corrected chi connectivity index (χ3v) is 10.7. The molecule has 4 heterocycles. The van der Waals surface area contributed by atoms with Crippen molar-refractivity contribution in [1.29, 1.82) is 0 Å². The van der Waals surface area contributed by atoms with Crippen molar-refractivity contribution in [3.8, 4) is 0 Å². The standard InChI is InChI=1S/C36H42F3N11O4S/c1-48(22-23-5-4-6-25(19-23)44-29-11-12-31(51)46-34(29)52)26-13-17-50(18-14-26)27-9-7-24(8-10-27)45-35-43-20-28(36(37,38)39)32(47-35)42-21-30-33(41-16-15-40-30)49(2)55(3,53)54/h4-10,15-16,19-20,26,29,44H,11-14,17-18,21-22H2,1-3H3,(H,46,51,52)(H2,42,43,45,47). The molecule has 0 aliphatic carbocycles. The Labute approximate surface area is 316 Å². The number of rotatable bonds is 13. The summed E-state index contributed by atoms with van der Waals surface area (Å²) >= 11 is 0. The van der Waals surface area contributed by atoms with Gasteiger partial charge in [0.05, 0.1) is 12.8 Å². The van der Waals surface area contributed by atoms with Crippen LogP contribution in [0.4, 0.5) is 47.8 Å². The molecular weight excluding hydrogens is 740 g/mol. The molecule has 55 heavy (non-hydrogen) atoms. The van der Waals surface area contributed by atoms with Gasteiger partial charge in [0.25, 0.3) is 0 Å². The summed E-state index contributed by atoms with van der Waals surface area (Å²) in [6.07, 6.45) is 2.17. The van der Waals surface area contributed by atoms with E-state index in [1.165, 1.54) is 19.4 Å². The number of aromatic nitrogens is 4. The molecule has 292 valence electrons. The van der Waals surface area contributed by atoms with Gasteiger partial charge in [-0.1, -0.05) is 12.1 Å².